The Balaban J connectivity index is 1.42. The van der Waals surface area contributed by atoms with E-state index >= 15 is 0 Å². The molecule has 0 bridgehead atoms. The molecule has 0 aromatic heterocycles. The van der Waals surface area contributed by atoms with Crippen molar-refractivity contribution in [2.75, 3.05) is 20.3 Å². The number of aryl methyl sites for hydroxylation is 1. The van der Waals surface area contributed by atoms with E-state index in [-0.39, 0.29) is 30.2 Å². The number of methoxy groups -OCH3 is 1. The Bertz CT molecular complexity index is 768. The number of rotatable bonds is 5. The van der Waals surface area contributed by atoms with Crippen molar-refractivity contribution in [1.82, 2.24) is 0 Å². The fourth-order valence-corrected chi connectivity index (χ4v) is 3.46. The van der Waals surface area contributed by atoms with Crippen molar-refractivity contribution in [3.05, 3.63) is 65.2 Å². The molecule has 0 N–H and O–H groups in total. The fourth-order valence-electron chi connectivity index (χ4n) is 3.46. The van der Waals surface area contributed by atoms with Crippen LogP contribution >= 0.6 is 0 Å². The van der Waals surface area contributed by atoms with Crippen LogP contribution in [0.25, 0.3) is 0 Å². The van der Waals surface area contributed by atoms with Gasteiger partial charge in [-0.1, -0.05) is 29.8 Å². The first-order valence-corrected chi connectivity index (χ1v) is 8.80. The van der Waals surface area contributed by atoms with Crippen LogP contribution in [0.3, 0.4) is 0 Å². The summed E-state index contributed by atoms with van der Waals surface area (Å²) in [6.07, 6.45) is -0.400. The summed E-state index contributed by atoms with van der Waals surface area (Å²) in [5.41, 5.74) is 2.45. The van der Waals surface area contributed by atoms with Crippen LogP contribution in [-0.4, -0.2) is 50.5 Å². The molecule has 2 fully saturated rings. The van der Waals surface area contributed by atoms with Gasteiger partial charge in [0, 0.05) is 18.2 Å². The topological polar surface area (TPSA) is 54.0 Å². The average Bonchev–Trinajstić information content (AvgIpc) is 3.25. The highest BCUT2D eigenvalue weighted by molar-refractivity contribution is 6.09. The van der Waals surface area contributed by atoms with Crippen molar-refractivity contribution in [2.45, 2.75) is 31.3 Å². The van der Waals surface area contributed by atoms with Gasteiger partial charge >= 0.3 is 0 Å². The third-order valence-corrected chi connectivity index (χ3v) is 4.98. The van der Waals surface area contributed by atoms with Crippen LogP contribution in [0.2, 0.25) is 0 Å². The monoisotopic (exact) mass is 354 g/mol. The maximum Gasteiger partial charge on any atom is 0.193 e. The zero-order chi connectivity index (χ0) is 18.1. The molecule has 5 heteroatoms. The van der Waals surface area contributed by atoms with Gasteiger partial charge in [-0.3, -0.25) is 4.79 Å². The SMILES string of the molecule is CO[C@H]1CO[C@@H]2C(Oc3ccc(C(=O)c4ccc(C)cc4)cc3)CO[C@H]12. The predicted molar refractivity (Wildman–Crippen MR) is 95.7 cm³/mol. The molecule has 136 valence electrons. The Morgan fingerprint density at radius 1 is 0.885 bits per heavy atom. The molecular formula is C21H22O5. The van der Waals surface area contributed by atoms with Gasteiger partial charge in [0.15, 0.2) is 11.9 Å². The maximum absolute atomic E-state index is 12.5. The molecule has 0 aliphatic carbocycles. The second kappa shape index (κ2) is 7.19. The summed E-state index contributed by atoms with van der Waals surface area (Å²) in [4.78, 5) is 12.5. The summed E-state index contributed by atoms with van der Waals surface area (Å²) in [5, 5.41) is 0. The molecule has 2 heterocycles. The summed E-state index contributed by atoms with van der Waals surface area (Å²) >= 11 is 0. The molecule has 1 unspecified atom stereocenters. The Kier molecular flexibility index (Phi) is 4.76. The highest BCUT2D eigenvalue weighted by Crippen LogP contribution is 2.31. The molecule has 0 saturated carbocycles. The molecule has 2 aliphatic rings. The Morgan fingerprint density at radius 2 is 1.42 bits per heavy atom. The van der Waals surface area contributed by atoms with E-state index in [1.807, 2.05) is 43.3 Å². The van der Waals surface area contributed by atoms with Crippen molar-refractivity contribution in [3.8, 4) is 5.75 Å². The number of benzene rings is 2. The van der Waals surface area contributed by atoms with Gasteiger partial charge in [-0.15, -0.1) is 0 Å². The first-order valence-electron chi connectivity index (χ1n) is 8.80. The number of carbonyl (C=O) groups excluding carboxylic acids is 1. The van der Waals surface area contributed by atoms with Crippen molar-refractivity contribution in [3.63, 3.8) is 0 Å². The molecule has 0 spiro atoms. The van der Waals surface area contributed by atoms with Crippen LogP contribution in [0, 0.1) is 6.92 Å². The maximum atomic E-state index is 12.5. The highest BCUT2D eigenvalue weighted by Gasteiger charge is 2.49. The Morgan fingerprint density at radius 3 is 2.04 bits per heavy atom. The van der Waals surface area contributed by atoms with E-state index < -0.39 is 0 Å². The van der Waals surface area contributed by atoms with Crippen LogP contribution < -0.4 is 4.74 Å². The molecule has 5 nitrogen and oxygen atoms in total. The summed E-state index contributed by atoms with van der Waals surface area (Å²) in [7, 11) is 1.66. The average molecular weight is 354 g/mol. The van der Waals surface area contributed by atoms with Gasteiger partial charge in [-0.2, -0.15) is 0 Å². The second-order valence-electron chi connectivity index (χ2n) is 6.75. The lowest BCUT2D eigenvalue weighted by molar-refractivity contribution is -0.0138. The van der Waals surface area contributed by atoms with Gasteiger partial charge in [-0.05, 0) is 31.2 Å². The largest absolute Gasteiger partial charge is 0.485 e. The van der Waals surface area contributed by atoms with E-state index in [0.717, 1.165) is 5.56 Å². The molecule has 0 radical (unpaired) electrons. The van der Waals surface area contributed by atoms with Crippen molar-refractivity contribution in [2.24, 2.45) is 0 Å². The summed E-state index contributed by atoms with van der Waals surface area (Å²) in [6.45, 7) is 3.00. The van der Waals surface area contributed by atoms with Crippen LogP contribution in [0.15, 0.2) is 48.5 Å². The number of fused-ring (bicyclic) bond motifs is 1. The fraction of sp³-hybridized carbons (Fsp3) is 0.381. The van der Waals surface area contributed by atoms with Gasteiger partial charge in [0.2, 0.25) is 0 Å². The Labute approximate surface area is 152 Å². The highest BCUT2D eigenvalue weighted by atomic mass is 16.6. The number of hydrogen-bond donors (Lipinski definition) is 0. The molecule has 2 aromatic rings. The third kappa shape index (κ3) is 3.26. The minimum atomic E-state index is -0.168. The molecule has 26 heavy (non-hydrogen) atoms. The first kappa shape index (κ1) is 17.2. The molecule has 2 saturated heterocycles. The van der Waals surface area contributed by atoms with Gasteiger partial charge in [0.1, 0.15) is 24.1 Å². The molecule has 4 atom stereocenters. The lowest BCUT2D eigenvalue weighted by Crippen LogP contribution is -2.35. The van der Waals surface area contributed by atoms with Crippen LogP contribution in [0.5, 0.6) is 5.75 Å². The van der Waals surface area contributed by atoms with Crippen molar-refractivity contribution in [1.29, 1.82) is 0 Å². The van der Waals surface area contributed by atoms with Crippen molar-refractivity contribution < 1.29 is 23.7 Å². The van der Waals surface area contributed by atoms with Crippen LogP contribution in [-0.2, 0) is 14.2 Å². The lowest BCUT2D eigenvalue weighted by atomic mass is 10.0. The zero-order valence-corrected chi connectivity index (χ0v) is 14.9. The van der Waals surface area contributed by atoms with Crippen LogP contribution in [0.4, 0.5) is 0 Å². The van der Waals surface area contributed by atoms with Gasteiger partial charge in [0.25, 0.3) is 0 Å². The second-order valence-corrected chi connectivity index (χ2v) is 6.75. The van der Waals surface area contributed by atoms with Crippen LogP contribution in [0.1, 0.15) is 21.5 Å². The van der Waals surface area contributed by atoms with E-state index in [4.69, 9.17) is 18.9 Å². The normalized spacial score (nSPS) is 27.3. The van der Waals surface area contributed by atoms with E-state index in [9.17, 15) is 4.79 Å². The van der Waals surface area contributed by atoms with E-state index in [0.29, 0.717) is 30.1 Å². The third-order valence-electron chi connectivity index (χ3n) is 4.98. The number of ketones is 1. The molecule has 0 amide bonds. The zero-order valence-electron chi connectivity index (χ0n) is 14.9. The van der Waals surface area contributed by atoms with Gasteiger partial charge in [-0.25, -0.2) is 0 Å². The number of ether oxygens (including phenoxy) is 4. The standard InChI is InChI=1S/C21H22O5/c1-13-3-5-14(6-4-13)19(22)15-7-9-16(10-8-15)26-18-12-25-20-17(23-2)11-24-21(18)20/h3-10,17-18,20-21H,11-12H2,1-2H3/t17-,18?,20+,21+/m0/s1. The van der Waals surface area contributed by atoms with Gasteiger partial charge in [0.05, 0.1) is 13.2 Å². The molecule has 4 rings (SSSR count). The minimum Gasteiger partial charge on any atom is -0.485 e. The Hall–Kier alpha value is -2.21. The van der Waals surface area contributed by atoms with E-state index in [1.165, 1.54) is 0 Å². The van der Waals surface area contributed by atoms with E-state index in [2.05, 4.69) is 0 Å². The molecule has 2 aliphatic heterocycles. The predicted octanol–water partition coefficient (Wildman–Crippen LogP) is 2.79. The van der Waals surface area contributed by atoms with E-state index in [1.54, 1.807) is 19.2 Å². The van der Waals surface area contributed by atoms with Gasteiger partial charge < -0.3 is 18.9 Å². The summed E-state index contributed by atoms with van der Waals surface area (Å²) in [6, 6.07) is 14.8. The summed E-state index contributed by atoms with van der Waals surface area (Å²) < 4.78 is 22.9. The molecular weight excluding hydrogens is 332 g/mol. The minimum absolute atomic E-state index is 0.00266. The first-order chi connectivity index (χ1) is 12.7. The lowest BCUT2D eigenvalue weighted by Gasteiger charge is -2.18. The smallest absolute Gasteiger partial charge is 0.193 e. The van der Waals surface area contributed by atoms with Crippen molar-refractivity contribution >= 4 is 5.78 Å². The number of hydrogen-bond acceptors (Lipinski definition) is 5. The summed E-state index contributed by atoms with van der Waals surface area (Å²) in [5.74, 6) is 0.701. The number of carbonyl (C=O) groups is 1. The quantitative estimate of drug-likeness (QED) is 0.773. The molecule has 2 aromatic carbocycles.